The third kappa shape index (κ3) is 4.33. The van der Waals surface area contributed by atoms with Crippen LogP contribution in [0.2, 0.25) is 0 Å². The molecule has 3 N–H and O–H groups in total. The molecule has 2 heterocycles. The van der Waals surface area contributed by atoms with Gasteiger partial charge in [-0.15, -0.1) is 5.10 Å². The van der Waals surface area contributed by atoms with E-state index in [4.69, 9.17) is 4.74 Å². The summed E-state index contributed by atoms with van der Waals surface area (Å²) >= 11 is 0. The number of nitrogens with zero attached hydrogens (tertiary/aromatic N) is 3. The number of carbonyl (C=O) groups is 1. The lowest BCUT2D eigenvalue weighted by Crippen LogP contribution is -2.46. The number of H-pyrrole nitrogens is 1. The molecule has 25 heavy (non-hydrogen) atoms. The maximum absolute atomic E-state index is 12.0. The number of ether oxygens (including phenoxy) is 1. The minimum Gasteiger partial charge on any atom is -0.376 e. The second-order valence-electron chi connectivity index (χ2n) is 7.05. The molecule has 0 spiro atoms. The number of urea groups is 1. The van der Waals surface area contributed by atoms with Gasteiger partial charge in [0.15, 0.2) is 0 Å². The molecular weight excluding hydrogens is 320 g/mol. The molecule has 1 aliphatic heterocycles. The zero-order chi connectivity index (χ0) is 17.8. The van der Waals surface area contributed by atoms with Crippen molar-refractivity contribution in [1.29, 1.82) is 0 Å². The average molecular weight is 344 g/mol. The van der Waals surface area contributed by atoms with E-state index in [1.165, 1.54) is 5.56 Å². The van der Waals surface area contributed by atoms with E-state index in [0.717, 1.165) is 25.9 Å². The van der Waals surface area contributed by atoms with Gasteiger partial charge in [-0.05, 0) is 43.9 Å². The zero-order valence-electron chi connectivity index (χ0n) is 14.6. The quantitative estimate of drug-likeness (QED) is 0.771. The number of hydrogen-bond donors (Lipinski definition) is 3. The number of carbonyl (C=O) groups excluding carboxylic acids is 1. The highest BCUT2D eigenvalue weighted by Crippen LogP contribution is 2.43. The van der Waals surface area contributed by atoms with Gasteiger partial charge in [0.05, 0.1) is 5.60 Å². The standard InChI is InChI=1S/C17H24N6O2/c1-16(2)12-17(9-11-25-16,13-6-4-3-5-7-13)8-10-18-15(24)19-14-20-22-23-21-14/h3-7H,8-12H2,1-2H3,(H3,18,19,20,21,22,23,24). The Morgan fingerprint density at radius 3 is 2.80 bits per heavy atom. The number of anilines is 1. The van der Waals surface area contributed by atoms with Gasteiger partial charge >= 0.3 is 6.03 Å². The lowest BCUT2D eigenvalue weighted by Gasteiger charge is -2.45. The van der Waals surface area contributed by atoms with E-state index in [0.29, 0.717) is 6.54 Å². The first-order valence-electron chi connectivity index (χ1n) is 8.47. The summed E-state index contributed by atoms with van der Waals surface area (Å²) in [5, 5.41) is 18.5. The number of benzene rings is 1. The van der Waals surface area contributed by atoms with Crippen LogP contribution in [-0.4, -0.2) is 45.4 Å². The second kappa shape index (κ2) is 7.18. The normalized spacial score (nSPS) is 22.3. The Balaban J connectivity index is 1.65. The Kier molecular flexibility index (Phi) is 4.98. The molecule has 1 aromatic carbocycles. The average Bonchev–Trinajstić information content (AvgIpc) is 3.07. The van der Waals surface area contributed by atoms with Gasteiger partial charge in [0.2, 0.25) is 0 Å². The van der Waals surface area contributed by atoms with Gasteiger partial charge in [0.25, 0.3) is 5.95 Å². The highest BCUT2D eigenvalue weighted by molar-refractivity contribution is 5.87. The first-order chi connectivity index (χ1) is 12.0. The van der Waals surface area contributed by atoms with Gasteiger partial charge in [-0.25, -0.2) is 4.79 Å². The van der Waals surface area contributed by atoms with Gasteiger partial charge in [0.1, 0.15) is 0 Å². The summed E-state index contributed by atoms with van der Waals surface area (Å²) in [6, 6.07) is 10.2. The Morgan fingerprint density at radius 1 is 1.32 bits per heavy atom. The number of nitrogens with one attached hydrogen (secondary N) is 3. The van der Waals surface area contributed by atoms with Gasteiger partial charge in [0, 0.05) is 18.6 Å². The van der Waals surface area contributed by atoms with Crippen LogP contribution >= 0.6 is 0 Å². The van der Waals surface area contributed by atoms with Crippen molar-refractivity contribution >= 4 is 12.0 Å². The van der Waals surface area contributed by atoms with Crippen LogP contribution in [0, 0.1) is 0 Å². The topological polar surface area (TPSA) is 105 Å². The van der Waals surface area contributed by atoms with Gasteiger partial charge in [-0.2, -0.15) is 5.21 Å². The van der Waals surface area contributed by atoms with Crippen molar-refractivity contribution in [2.24, 2.45) is 0 Å². The fraction of sp³-hybridized carbons (Fsp3) is 0.529. The van der Waals surface area contributed by atoms with E-state index >= 15 is 0 Å². The van der Waals surface area contributed by atoms with Crippen molar-refractivity contribution in [2.75, 3.05) is 18.5 Å². The summed E-state index contributed by atoms with van der Waals surface area (Å²) in [5.74, 6) is 0.155. The van der Waals surface area contributed by atoms with Crippen molar-refractivity contribution in [1.82, 2.24) is 25.9 Å². The van der Waals surface area contributed by atoms with Gasteiger partial charge in [-0.3, -0.25) is 5.32 Å². The monoisotopic (exact) mass is 344 g/mol. The lowest BCUT2D eigenvalue weighted by atomic mass is 9.67. The van der Waals surface area contributed by atoms with Crippen LogP contribution in [0.25, 0.3) is 0 Å². The molecule has 0 aliphatic carbocycles. The highest BCUT2D eigenvalue weighted by atomic mass is 16.5. The summed E-state index contributed by atoms with van der Waals surface area (Å²) in [4.78, 5) is 12.0. The third-order valence-corrected chi connectivity index (χ3v) is 4.68. The molecule has 3 rings (SSSR count). The maximum atomic E-state index is 12.0. The molecule has 0 radical (unpaired) electrons. The summed E-state index contributed by atoms with van der Waals surface area (Å²) in [5.41, 5.74) is 1.11. The van der Waals surface area contributed by atoms with Crippen molar-refractivity contribution in [3.05, 3.63) is 35.9 Å². The van der Waals surface area contributed by atoms with E-state index in [1.54, 1.807) is 0 Å². The molecule has 1 aliphatic rings. The number of amides is 2. The molecule has 8 heteroatoms. The molecule has 1 fully saturated rings. The maximum Gasteiger partial charge on any atom is 0.321 e. The Hall–Kier alpha value is -2.48. The third-order valence-electron chi connectivity index (χ3n) is 4.68. The van der Waals surface area contributed by atoms with E-state index in [9.17, 15) is 4.79 Å². The predicted molar refractivity (Wildman–Crippen MR) is 93.2 cm³/mol. The van der Waals surface area contributed by atoms with E-state index in [-0.39, 0.29) is 23.0 Å². The van der Waals surface area contributed by atoms with E-state index in [1.807, 2.05) is 6.07 Å². The molecule has 1 unspecified atom stereocenters. The largest absolute Gasteiger partial charge is 0.376 e. The Labute approximate surface area is 146 Å². The number of aromatic amines is 1. The van der Waals surface area contributed by atoms with Crippen molar-refractivity contribution < 1.29 is 9.53 Å². The van der Waals surface area contributed by atoms with Gasteiger partial charge < -0.3 is 10.1 Å². The number of hydrogen-bond acceptors (Lipinski definition) is 5. The summed E-state index contributed by atoms with van der Waals surface area (Å²) < 4.78 is 5.91. The molecule has 134 valence electrons. The minimum atomic E-state index is -0.337. The van der Waals surface area contributed by atoms with Crippen molar-refractivity contribution in [2.45, 2.75) is 44.1 Å². The van der Waals surface area contributed by atoms with Crippen molar-refractivity contribution in [3.63, 3.8) is 0 Å². The van der Waals surface area contributed by atoms with Crippen LogP contribution in [-0.2, 0) is 10.2 Å². The number of aromatic nitrogens is 4. The first-order valence-corrected chi connectivity index (χ1v) is 8.47. The Bertz CT molecular complexity index is 688. The number of rotatable bonds is 5. The molecule has 2 amide bonds. The molecule has 0 saturated carbocycles. The van der Waals surface area contributed by atoms with Crippen molar-refractivity contribution in [3.8, 4) is 0 Å². The molecule has 1 saturated heterocycles. The molecule has 2 aromatic rings. The fourth-order valence-electron chi connectivity index (χ4n) is 3.65. The smallest absolute Gasteiger partial charge is 0.321 e. The van der Waals surface area contributed by atoms with Crippen LogP contribution < -0.4 is 10.6 Å². The van der Waals surface area contributed by atoms with Crippen LogP contribution in [0.3, 0.4) is 0 Å². The van der Waals surface area contributed by atoms with Crippen LogP contribution in [0.15, 0.2) is 30.3 Å². The van der Waals surface area contributed by atoms with Crippen LogP contribution in [0.4, 0.5) is 10.7 Å². The summed E-state index contributed by atoms with van der Waals surface area (Å²) in [6.07, 6.45) is 2.69. The SMILES string of the molecule is CC1(C)CC(CCNC(=O)Nc2nn[nH]n2)(c2ccccc2)CCO1. The second-order valence-corrected chi connectivity index (χ2v) is 7.05. The predicted octanol–water partition coefficient (Wildman–Crippen LogP) is 2.24. The molecule has 1 atom stereocenters. The number of tetrazole rings is 1. The Morgan fingerprint density at radius 2 is 2.12 bits per heavy atom. The molecule has 0 bridgehead atoms. The summed E-state index contributed by atoms with van der Waals surface area (Å²) in [7, 11) is 0. The molecule has 1 aromatic heterocycles. The first kappa shape index (κ1) is 17.3. The zero-order valence-corrected chi connectivity index (χ0v) is 14.6. The fourth-order valence-corrected chi connectivity index (χ4v) is 3.65. The van der Waals surface area contributed by atoms with Crippen LogP contribution in [0.1, 0.15) is 38.7 Å². The van der Waals surface area contributed by atoms with Crippen LogP contribution in [0.5, 0.6) is 0 Å². The summed E-state index contributed by atoms with van der Waals surface area (Å²) in [6.45, 7) is 5.52. The minimum absolute atomic E-state index is 0.0115. The van der Waals surface area contributed by atoms with Gasteiger partial charge in [-0.1, -0.05) is 35.4 Å². The lowest BCUT2D eigenvalue weighted by molar-refractivity contribution is -0.0838. The molecular formula is C17H24N6O2. The van der Waals surface area contributed by atoms with E-state index in [2.05, 4.69) is 69.4 Å². The highest BCUT2D eigenvalue weighted by Gasteiger charge is 2.41. The molecule has 8 nitrogen and oxygen atoms in total. The van der Waals surface area contributed by atoms with E-state index < -0.39 is 0 Å².